The van der Waals surface area contributed by atoms with Crippen molar-refractivity contribution in [3.63, 3.8) is 0 Å². The molecule has 154 valence electrons. The van der Waals surface area contributed by atoms with Crippen molar-refractivity contribution < 1.29 is 19.3 Å². The Labute approximate surface area is 167 Å². The van der Waals surface area contributed by atoms with Gasteiger partial charge in [0.15, 0.2) is 5.82 Å². The summed E-state index contributed by atoms with van der Waals surface area (Å²) in [4.78, 5) is 12.1. The molecule has 2 aromatic rings. The molecule has 0 bridgehead atoms. The Hall–Kier alpha value is -2.62. The first-order chi connectivity index (χ1) is 13.9. The Morgan fingerprint density at radius 1 is 1.34 bits per heavy atom. The SMILES string of the molecule is CN(C)C=Nc1ncnn2c([C@]3(C#N)O[C@H](CO)[C@H]4OC(N(C)C)O[C@H]43)ccc12. The summed E-state index contributed by atoms with van der Waals surface area (Å²) >= 11 is 0. The second-order valence-electron chi connectivity index (χ2n) is 7.42. The maximum Gasteiger partial charge on any atom is 0.226 e. The number of nitrogens with zero attached hydrogens (tertiary/aromatic N) is 7. The van der Waals surface area contributed by atoms with Crippen molar-refractivity contribution in [3.05, 3.63) is 24.2 Å². The highest BCUT2D eigenvalue weighted by molar-refractivity contribution is 5.71. The van der Waals surface area contributed by atoms with E-state index in [0.29, 0.717) is 17.0 Å². The Kier molecular flexibility index (Phi) is 4.97. The van der Waals surface area contributed by atoms with Gasteiger partial charge in [0.25, 0.3) is 0 Å². The van der Waals surface area contributed by atoms with Gasteiger partial charge >= 0.3 is 0 Å². The summed E-state index contributed by atoms with van der Waals surface area (Å²) < 4.78 is 19.5. The lowest BCUT2D eigenvalue weighted by molar-refractivity contribution is -0.203. The van der Waals surface area contributed by atoms with Gasteiger partial charge in [-0.3, -0.25) is 4.90 Å². The number of rotatable bonds is 5. The number of aliphatic hydroxyl groups excluding tert-OH is 1. The summed E-state index contributed by atoms with van der Waals surface area (Å²) in [6.45, 7) is -0.301. The molecule has 0 radical (unpaired) electrons. The molecule has 5 atom stereocenters. The van der Waals surface area contributed by atoms with E-state index in [2.05, 4.69) is 21.1 Å². The Balaban J connectivity index is 1.81. The minimum absolute atomic E-state index is 0.301. The fourth-order valence-corrected chi connectivity index (χ4v) is 3.63. The summed E-state index contributed by atoms with van der Waals surface area (Å²) in [5.41, 5.74) is -0.426. The van der Waals surface area contributed by atoms with Crippen molar-refractivity contribution in [1.82, 2.24) is 24.4 Å². The molecule has 1 unspecified atom stereocenters. The van der Waals surface area contributed by atoms with Crippen LogP contribution in [0.4, 0.5) is 5.82 Å². The molecule has 4 rings (SSSR count). The van der Waals surface area contributed by atoms with Gasteiger partial charge in [-0.2, -0.15) is 10.4 Å². The quantitative estimate of drug-likeness (QED) is 0.531. The largest absolute Gasteiger partial charge is 0.394 e. The zero-order valence-corrected chi connectivity index (χ0v) is 16.6. The normalized spacial score (nSPS) is 31.6. The highest BCUT2D eigenvalue weighted by Crippen LogP contribution is 2.47. The maximum absolute atomic E-state index is 10.2. The summed E-state index contributed by atoms with van der Waals surface area (Å²) in [5, 5.41) is 24.3. The number of nitriles is 1. The summed E-state index contributed by atoms with van der Waals surface area (Å²) in [7, 11) is 7.33. The topological polar surface area (TPSA) is 121 Å². The second kappa shape index (κ2) is 7.33. The molecular formula is C18H23N7O4. The van der Waals surface area contributed by atoms with Crippen LogP contribution in [-0.4, -0.2) is 95.4 Å². The van der Waals surface area contributed by atoms with Crippen LogP contribution >= 0.6 is 0 Å². The van der Waals surface area contributed by atoms with Gasteiger partial charge in [-0.25, -0.2) is 14.5 Å². The van der Waals surface area contributed by atoms with Crippen LogP contribution in [0.15, 0.2) is 23.5 Å². The van der Waals surface area contributed by atoms with Gasteiger partial charge in [-0.15, -0.1) is 0 Å². The molecule has 0 saturated carbocycles. The molecule has 2 fully saturated rings. The minimum atomic E-state index is -1.51. The number of ether oxygens (including phenoxy) is 3. The zero-order chi connectivity index (χ0) is 20.8. The third-order valence-corrected chi connectivity index (χ3v) is 4.93. The Morgan fingerprint density at radius 3 is 2.79 bits per heavy atom. The van der Waals surface area contributed by atoms with E-state index in [0.717, 1.165) is 0 Å². The van der Waals surface area contributed by atoms with Gasteiger partial charge in [0.2, 0.25) is 12.0 Å². The molecule has 0 spiro atoms. The molecule has 4 heterocycles. The lowest BCUT2D eigenvalue weighted by atomic mass is 9.92. The summed E-state index contributed by atoms with van der Waals surface area (Å²) in [5.74, 6) is 0.455. The van der Waals surface area contributed by atoms with Crippen molar-refractivity contribution in [1.29, 1.82) is 5.26 Å². The minimum Gasteiger partial charge on any atom is -0.394 e. The zero-order valence-electron chi connectivity index (χ0n) is 16.6. The van der Waals surface area contributed by atoms with Crippen LogP contribution in [-0.2, 0) is 19.8 Å². The second-order valence-corrected chi connectivity index (χ2v) is 7.42. The highest BCUT2D eigenvalue weighted by atomic mass is 16.8. The molecule has 0 aliphatic carbocycles. The molecule has 11 heteroatoms. The van der Waals surface area contributed by atoms with Gasteiger partial charge in [-0.1, -0.05) is 0 Å². The molecule has 11 nitrogen and oxygen atoms in total. The third kappa shape index (κ3) is 3.06. The lowest BCUT2D eigenvalue weighted by Gasteiger charge is -2.27. The first kappa shape index (κ1) is 19.7. The molecule has 2 aliphatic heterocycles. The van der Waals surface area contributed by atoms with E-state index in [1.807, 2.05) is 28.2 Å². The predicted octanol–water partition coefficient (Wildman–Crippen LogP) is -0.310. The molecule has 1 N–H and O–H groups in total. The maximum atomic E-state index is 10.2. The van der Waals surface area contributed by atoms with Crippen molar-refractivity contribution in [2.24, 2.45) is 4.99 Å². The molecule has 0 aromatic carbocycles. The van der Waals surface area contributed by atoms with Crippen LogP contribution in [0.3, 0.4) is 0 Å². The van der Waals surface area contributed by atoms with Crippen LogP contribution in [0.2, 0.25) is 0 Å². The van der Waals surface area contributed by atoms with Crippen LogP contribution < -0.4 is 0 Å². The van der Waals surface area contributed by atoms with E-state index in [-0.39, 0.29) is 6.61 Å². The van der Waals surface area contributed by atoms with E-state index < -0.39 is 30.3 Å². The van der Waals surface area contributed by atoms with Gasteiger partial charge in [0.05, 0.1) is 18.6 Å². The summed E-state index contributed by atoms with van der Waals surface area (Å²) in [6.07, 6.45) is 0.327. The van der Waals surface area contributed by atoms with Crippen molar-refractivity contribution in [3.8, 4) is 6.07 Å². The smallest absolute Gasteiger partial charge is 0.226 e. The Morgan fingerprint density at radius 2 is 2.14 bits per heavy atom. The number of hydrogen-bond donors (Lipinski definition) is 1. The fourth-order valence-electron chi connectivity index (χ4n) is 3.63. The molecule has 0 amide bonds. The van der Waals surface area contributed by atoms with Crippen molar-refractivity contribution in [2.45, 2.75) is 30.3 Å². The average molecular weight is 401 g/mol. The highest BCUT2D eigenvalue weighted by Gasteiger charge is 2.64. The van der Waals surface area contributed by atoms with Gasteiger partial charge < -0.3 is 24.2 Å². The van der Waals surface area contributed by atoms with E-state index >= 15 is 0 Å². The number of aliphatic hydroxyl groups is 1. The number of fused-ring (bicyclic) bond motifs is 2. The fraction of sp³-hybridized carbons (Fsp3) is 0.556. The van der Waals surface area contributed by atoms with Crippen LogP contribution in [0, 0.1) is 11.3 Å². The van der Waals surface area contributed by atoms with Gasteiger partial charge in [-0.05, 0) is 26.2 Å². The van der Waals surface area contributed by atoms with Crippen LogP contribution in [0.1, 0.15) is 5.69 Å². The van der Waals surface area contributed by atoms with E-state index in [1.54, 1.807) is 32.8 Å². The average Bonchev–Trinajstić information content (AvgIpc) is 3.39. The first-order valence-electron chi connectivity index (χ1n) is 9.12. The standard InChI is InChI=1S/C18H23N7O4/c1-23(2)10-21-16-11-5-6-13(25(11)22-9-20-16)18(8-19)15-14(12(7-26)29-18)27-17(28-15)24(3)4/h5-6,9-10,12,14-15,17,26H,7H2,1-4H3/t12-,14-,15-,17?,18+/m1/s1. The van der Waals surface area contributed by atoms with E-state index in [4.69, 9.17) is 14.2 Å². The molecule has 2 aliphatic rings. The van der Waals surface area contributed by atoms with Crippen molar-refractivity contribution in [2.75, 3.05) is 34.8 Å². The predicted molar refractivity (Wildman–Crippen MR) is 101 cm³/mol. The van der Waals surface area contributed by atoms with Gasteiger partial charge in [0.1, 0.15) is 36.2 Å². The van der Waals surface area contributed by atoms with Crippen LogP contribution in [0.5, 0.6) is 0 Å². The van der Waals surface area contributed by atoms with Crippen LogP contribution in [0.25, 0.3) is 5.52 Å². The first-order valence-corrected chi connectivity index (χ1v) is 9.12. The molecular weight excluding hydrogens is 378 g/mol. The number of hydrogen-bond acceptors (Lipinski definition) is 9. The van der Waals surface area contributed by atoms with E-state index in [9.17, 15) is 10.4 Å². The molecule has 29 heavy (non-hydrogen) atoms. The number of aliphatic imine (C=N–C) groups is 1. The van der Waals surface area contributed by atoms with Crippen molar-refractivity contribution >= 4 is 17.7 Å². The van der Waals surface area contributed by atoms with E-state index in [1.165, 1.54) is 6.33 Å². The van der Waals surface area contributed by atoms with Gasteiger partial charge in [0, 0.05) is 14.1 Å². The Bertz CT molecular complexity index is 969. The number of aromatic nitrogens is 3. The monoisotopic (exact) mass is 401 g/mol. The molecule has 2 saturated heterocycles. The molecule has 2 aromatic heterocycles. The summed E-state index contributed by atoms with van der Waals surface area (Å²) in [6, 6.07) is 5.77. The third-order valence-electron chi connectivity index (χ3n) is 4.93. The lowest BCUT2D eigenvalue weighted by Crippen LogP contribution is -2.41.